The van der Waals surface area contributed by atoms with Crippen LogP contribution in [0.25, 0.3) is 0 Å². The number of nitrogens with zero attached hydrogens (tertiary/aromatic N) is 4. The van der Waals surface area contributed by atoms with Crippen LogP contribution in [0, 0.1) is 10.1 Å². The quantitative estimate of drug-likeness (QED) is 0.606. The number of aliphatic hydroxyl groups is 1. The second kappa shape index (κ2) is 5.91. The molecule has 0 amide bonds. The van der Waals surface area contributed by atoms with E-state index in [0.717, 1.165) is 0 Å². The third-order valence-electron chi connectivity index (χ3n) is 2.38. The fourth-order valence-electron chi connectivity index (χ4n) is 1.53. The second-order valence-corrected chi connectivity index (χ2v) is 3.85. The summed E-state index contributed by atoms with van der Waals surface area (Å²) in [6.45, 7) is 0.205. The van der Waals surface area contributed by atoms with Crippen molar-refractivity contribution in [1.29, 1.82) is 0 Å². The van der Waals surface area contributed by atoms with Crippen LogP contribution in [0.15, 0.2) is 36.9 Å². The molecule has 0 aliphatic heterocycles. The topological polar surface area (TPSA) is 103 Å². The molecule has 0 aliphatic rings. The molecule has 19 heavy (non-hydrogen) atoms. The van der Waals surface area contributed by atoms with Gasteiger partial charge in [-0.2, -0.15) is 0 Å². The van der Waals surface area contributed by atoms with Gasteiger partial charge in [-0.15, -0.1) is 10.2 Å². The molecule has 0 spiro atoms. The van der Waals surface area contributed by atoms with Crippen molar-refractivity contribution < 1.29 is 14.8 Å². The van der Waals surface area contributed by atoms with Crippen molar-refractivity contribution in [1.82, 2.24) is 14.8 Å². The van der Waals surface area contributed by atoms with Gasteiger partial charge in [-0.05, 0) is 6.07 Å². The molecule has 0 aliphatic carbocycles. The molecule has 0 saturated heterocycles. The largest absolute Gasteiger partial charge is 0.484 e. The lowest BCUT2D eigenvalue weighted by Crippen LogP contribution is -2.23. The summed E-state index contributed by atoms with van der Waals surface area (Å²) in [7, 11) is 0. The minimum atomic E-state index is -0.809. The SMILES string of the molecule is O=[N+]([O-])c1ccccc1OC[C@H](O)Cn1cnnc1. The lowest BCUT2D eigenvalue weighted by Gasteiger charge is -2.12. The number of para-hydroxylation sites is 2. The number of aliphatic hydroxyl groups excluding tert-OH is 1. The maximum absolute atomic E-state index is 10.8. The Bertz CT molecular complexity index is 543. The van der Waals surface area contributed by atoms with Crippen LogP contribution in [0.5, 0.6) is 5.75 Å². The van der Waals surface area contributed by atoms with Crippen molar-refractivity contribution in [3.8, 4) is 5.75 Å². The van der Waals surface area contributed by atoms with Crippen molar-refractivity contribution in [2.24, 2.45) is 0 Å². The van der Waals surface area contributed by atoms with Gasteiger partial charge < -0.3 is 14.4 Å². The minimum Gasteiger partial charge on any atom is -0.484 e. The molecule has 2 rings (SSSR count). The van der Waals surface area contributed by atoms with Crippen LogP contribution < -0.4 is 4.74 Å². The first-order chi connectivity index (χ1) is 9.16. The first-order valence-corrected chi connectivity index (χ1v) is 5.53. The van der Waals surface area contributed by atoms with Gasteiger partial charge in [0.05, 0.1) is 11.5 Å². The Kier molecular flexibility index (Phi) is 4.04. The summed E-state index contributed by atoms with van der Waals surface area (Å²) in [5.41, 5.74) is -0.126. The molecule has 8 nitrogen and oxygen atoms in total. The molecule has 2 aromatic rings. The lowest BCUT2D eigenvalue weighted by atomic mass is 10.3. The zero-order valence-corrected chi connectivity index (χ0v) is 9.92. The van der Waals surface area contributed by atoms with Crippen molar-refractivity contribution in [3.05, 3.63) is 47.0 Å². The highest BCUT2D eigenvalue weighted by atomic mass is 16.6. The Labute approximate surface area is 108 Å². The average Bonchev–Trinajstić information content (AvgIpc) is 2.89. The van der Waals surface area contributed by atoms with E-state index in [9.17, 15) is 15.2 Å². The highest BCUT2D eigenvalue weighted by Crippen LogP contribution is 2.25. The van der Waals surface area contributed by atoms with Crippen LogP contribution in [0.2, 0.25) is 0 Å². The van der Waals surface area contributed by atoms with Crippen molar-refractivity contribution >= 4 is 5.69 Å². The van der Waals surface area contributed by atoms with E-state index in [1.807, 2.05) is 0 Å². The normalized spacial score (nSPS) is 12.1. The molecule has 1 heterocycles. The summed E-state index contributed by atoms with van der Waals surface area (Å²) < 4.78 is 6.85. The molecular formula is C11H12N4O4. The average molecular weight is 264 g/mol. The molecule has 100 valence electrons. The predicted molar refractivity (Wildman–Crippen MR) is 64.6 cm³/mol. The van der Waals surface area contributed by atoms with Crippen LogP contribution >= 0.6 is 0 Å². The monoisotopic (exact) mass is 264 g/mol. The molecule has 0 radical (unpaired) electrons. The van der Waals surface area contributed by atoms with Crippen LogP contribution in [0.4, 0.5) is 5.69 Å². The number of rotatable bonds is 6. The third kappa shape index (κ3) is 3.49. The first kappa shape index (κ1) is 13.0. The molecule has 8 heteroatoms. The maximum Gasteiger partial charge on any atom is 0.310 e. The Morgan fingerprint density at radius 3 is 2.74 bits per heavy atom. The Balaban J connectivity index is 1.93. The van der Waals surface area contributed by atoms with E-state index in [2.05, 4.69) is 10.2 Å². The van der Waals surface area contributed by atoms with Crippen molar-refractivity contribution in [3.63, 3.8) is 0 Å². The molecular weight excluding hydrogens is 252 g/mol. The predicted octanol–water partition coefficient (Wildman–Crippen LogP) is 0.626. The number of aromatic nitrogens is 3. The summed E-state index contributed by atoms with van der Waals surface area (Å²) in [5.74, 6) is 0.135. The molecule has 0 bridgehead atoms. The molecule has 1 aromatic carbocycles. The van der Waals surface area contributed by atoms with Gasteiger partial charge in [0, 0.05) is 6.07 Å². The zero-order chi connectivity index (χ0) is 13.7. The molecule has 0 unspecified atom stereocenters. The number of benzene rings is 1. The van der Waals surface area contributed by atoms with E-state index in [1.165, 1.54) is 24.8 Å². The van der Waals surface area contributed by atoms with E-state index in [4.69, 9.17) is 4.74 Å². The summed E-state index contributed by atoms with van der Waals surface area (Å²) in [4.78, 5) is 10.2. The number of hydrogen-bond donors (Lipinski definition) is 1. The van der Waals surface area contributed by atoms with E-state index >= 15 is 0 Å². The standard InChI is InChI=1S/C11H12N4O4/c16-9(5-14-7-12-13-8-14)6-19-11-4-2-1-3-10(11)15(17)18/h1-4,7-9,16H,5-6H2/t9-/m1/s1. The first-order valence-electron chi connectivity index (χ1n) is 5.53. The second-order valence-electron chi connectivity index (χ2n) is 3.85. The van der Waals surface area contributed by atoms with Gasteiger partial charge in [-0.25, -0.2) is 0 Å². The lowest BCUT2D eigenvalue weighted by molar-refractivity contribution is -0.385. The molecule has 1 aromatic heterocycles. The molecule has 0 fully saturated rings. The number of nitro benzene ring substituents is 1. The van der Waals surface area contributed by atoms with Gasteiger partial charge in [-0.1, -0.05) is 12.1 Å². The highest BCUT2D eigenvalue weighted by Gasteiger charge is 2.15. The smallest absolute Gasteiger partial charge is 0.310 e. The van der Waals surface area contributed by atoms with Gasteiger partial charge in [-0.3, -0.25) is 10.1 Å². The minimum absolute atomic E-state index is 0.0525. The Hall–Kier alpha value is -2.48. The van der Waals surface area contributed by atoms with Gasteiger partial charge in [0.1, 0.15) is 25.4 Å². The number of nitro groups is 1. The number of hydrogen-bond acceptors (Lipinski definition) is 6. The van der Waals surface area contributed by atoms with Crippen molar-refractivity contribution in [2.45, 2.75) is 12.6 Å². The van der Waals surface area contributed by atoms with Gasteiger partial charge in [0.2, 0.25) is 0 Å². The summed E-state index contributed by atoms with van der Waals surface area (Å²) in [6, 6.07) is 6.03. The van der Waals surface area contributed by atoms with Crippen LogP contribution in [0.1, 0.15) is 0 Å². The molecule has 1 atom stereocenters. The van der Waals surface area contributed by atoms with Gasteiger partial charge in [0.15, 0.2) is 5.75 Å². The van der Waals surface area contributed by atoms with E-state index in [-0.39, 0.29) is 24.6 Å². The summed E-state index contributed by atoms with van der Waals surface area (Å²) >= 11 is 0. The molecule has 0 saturated carbocycles. The Morgan fingerprint density at radius 1 is 1.37 bits per heavy atom. The summed E-state index contributed by atoms with van der Waals surface area (Å²) in [5, 5.41) is 27.7. The van der Waals surface area contributed by atoms with Crippen molar-refractivity contribution in [2.75, 3.05) is 6.61 Å². The van der Waals surface area contributed by atoms with Gasteiger partial charge >= 0.3 is 5.69 Å². The number of ether oxygens (including phenoxy) is 1. The Morgan fingerprint density at radius 2 is 2.05 bits per heavy atom. The maximum atomic E-state index is 10.8. The van der Waals surface area contributed by atoms with Crippen LogP contribution in [-0.2, 0) is 6.54 Å². The van der Waals surface area contributed by atoms with Gasteiger partial charge in [0.25, 0.3) is 0 Å². The van der Waals surface area contributed by atoms with E-state index < -0.39 is 11.0 Å². The fourth-order valence-corrected chi connectivity index (χ4v) is 1.53. The third-order valence-corrected chi connectivity index (χ3v) is 2.38. The fraction of sp³-hybridized carbons (Fsp3) is 0.273. The zero-order valence-electron chi connectivity index (χ0n) is 9.92. The highest BCUT2D eigenvalue weighted by molar-refractivity contribution is 5.45. The molecule has 1 N–H and O–H groups in total. The summed E-state index contributed by atoms with van der Waals surface area (Å²) in [6.07, 6.45) is 2.12. The van der Waals surface area contributed by atoms with E-state index in [0.29, 0.717) is 0 Å². The van der Waals surface area contributed by atoms with Crippen LogP contribution in [-0.4, -0.2) is 37.5 Å². The van der Waals surface area contributed by atoms with Crippen LogP contribution in [0.3, 0.4) is 0 Å². The van der Waals surface area contributed by atoms with E-state index in [1.54, 1.807) is 16.7 Å².